The van der Waals surface area contributed by atoms with Gasteiger partial charge in [0.1, 0.15) is 11.4 Å². The maximum Gasteiger partial charge on any atom is 0.408 e. The fraction of sp³-hybridized carbons (Fsp3) is 0.579. The highest BCUT2D eigenvalue weighted by Crippen LogP contribution is 2.11. The monoisotopic (exact) mass is 510 g/mol. The summed E-state index contributed by atoms with van der Waals surface area (Å²) in [5.41, 5.74) is -0.0670. The first-order chi connectivity index (χ1) is 12.5. The predicted molar refractivity (Wildman–Crippen MR) is 119 cm³/mol. The third kappa shape index (κ3) is 10.1. The summed E-state index contributed by atoms with van der Waals surface area (Å²) in [6.45, 7) is 9.63. The molecule has 4 N–H and O–H groups in total. The molecule has 0 aliphatic rings. The first-order valence-electron chi connectivity index (χ1n) is 8.79. The van der Waals surface area contributed by atoms with Gasteiger partial charge in [0.15, 0.2) is 5.96 Å². The van der Waals surface area contributed by atoms with E-state index >= 15 is 0 Å². The van der Waals surface area contributed by atoms with E-state index in [1.807, 2.05) is 13.8 Å². The number of benzene rings is 1. The van der Waals surface area contributed by atoms with Crippen molar-refractivity contribution in [3.63, 3.8) is 0 Å². The molecule has 0 aromatic heterocycles. The molecule has 0 fully saturated rings. The largest absolute Gasteiger partial charge is 0.444 e. The highest BCUT2D eigenvalue weighted by Gasteiger charge is 2.24. The number of hydrogen-bond acceptors (Lipinski definition) is 4. The number of nitrogens with one attached hydrogen (secondary N) is 3. The van der Waals surface area contributed by atoms with Gasteiger partial charge < -0.3 is 25.8 Å². The highest BCUT2D eigenvalue weighted by atomic mass is 127. The number of amides is 1. The van der Waals surface area contributed by atoms with Crippen molar-refractivity contribution in [1.29, 1.82) is 0 Å². The molecular weight excluding hydrogens is 478 g/mol. The van der Waals surface area contributed by atoms with Crippen LogP contribution in [0.25, 0.3) is 0 Å². The smallest absolute Gasteiger partial charge is 0.408 e. The van der Waals surface area contributed by atoms with Gasteiger partial charge in [-0.1, -0.05) is 6.07 Å². The summed E-state index contributed by atoms with van der Waals surface area (Å²) < 4.78 is 18.7. The Balaban J connectivity index is 0.00000729. The maximum atomic E-state index is 13.4. The zero-order chi connectivity index (χ0) is 20.7. The van der Waals surface area contributed by atoms with Gasteiger partial charge in [-0.25, -0.2) is 9.18 Å². The van der Waals surface area contributed by atoms with Crippen molar-refractivity contribution in [2.24, 2.45) is 4.99 Å². The van der Waals surface area contributed by atoms with Crippen LogP contribution in [0.3, 0.4) is 0 Å². The van der Waals surface area contributed by atoms with Crippen molar-refractivity contribution in [3.8, 4) is 0 Å². The lowest BCUT2D eigenvalue weighted by Gasteiger charge is -2.29. The third-order valence-electron chi connectivity index (χ3n) is 3.50. The van der Waals surface area contributed by atoms with E-state index in [1.165, 1.54) is 6.07 Å². The average Bonchev–Trinajstić information content (AvgIpc) is 2.53. The molecular formula is C19H32FIN4O3. The van der Waals surface area contributed by atoms with Gasteiger partial charge in [0, 0.05) is 25.7 Å². The molecule has 28 heavy (non-hydrogen) atoms. The lowest BCUT2D eigenvalue weighted by molar-refractivity contribution is 0.0474. The third-order valence-corrected chi connectivity index (χ3v) is 3.50. The molecule has 160 valence electrons. The van der Waals surface area contributed by atoms with Gasteiger partial charge >= 0.3 is 6.09 Å². The number of carbonyl (C=O) groups excluding carboxylic acids is 1. The minimum atomic E-state index is -0.570. The lowest BCUT2D eigenvalue weighted by atomic mass is 10.1. The summed E-state index contributed by atoms with van der Waals surface area (Å²) in [4.78, 5) is 16.1. The predicted octanol–water partition coefficient (Wildman–Crippen LogP) is 2.90. The summed E-state index contributed by atoms with van der Waals surface area (Å²) >= 11 is 0. The first kappa shape index (κ1) is 26.4. The van der Waals surface area contributed by atoms with Crippen LogP contribution < -0.4 is 16.0 Å². The summed E-state index contributed by atoms with van der Waals surface area (Å²) in [5.74, 6) is 0.0997. The number of alkyl carbamates (subject to hydrolysis) is 1. The Labute approximate surface area is 183 Å². The quantitative estimate of drug-likeness (QED) is 0.268. The number of hydrogen-bond donors (Lipinski definition) is 4. The molecule has 1 aromatic rings. The molecule has 0 spiro atoms. The maximum absolute atomic E-state index is 13.4. The Morgan fingerprint density at radius 2 is 1.86 bits per heavy atom. The second kappa shape index (κ2) is 11.4. The molecule has 0 saturated carbocycles. The second-order valence-electron chi connectivity index (χ2n) is 7.87. The van der Waals surface area contributed by atoms with E-state index in [2.05, 4.69) is 20.9 Å². The Bertz CT molecular complexity index is 676. The topological polar surface area (TPSA) is 95.0 Å². The summed E-state index contributed by atoms with van der Waals surface area (Å²) in [5, 5.41) is 18.2. The molecule has 7 nitrogen and oxygen atoms in total. The van der Waals surface area contributed by atoms with Crippen LogP contribution in [0.4, 0.5) is 9.18 Å². The highest BCUT2D eigenvalue weighted by molar-refractivity contribution is 14.0. The second-order valence-corrected chi connectivity index (χ2v) is 7.87. The molecule has 0 bridgehead atoms. The van der Waals surface area contributed by atoms with E-state index < -0.39 is 23.1 Å². The van der Waals surface area contributed by atoms with Crippen LogP contribution in [0, 0.1) is 5.82 Å². The van der Waals surface area contributed by atoms with Crippen LogP contribution >= 0.6 is 24.0 Å². The number of halogens is 2. The number of aliphatic hydroxyl groups is 1. The van der Waals surface area contributed by atoms with Crippen molar-refractivity contribution >= 4 is 36.0 Å². The van der Waals surface area contributed by atoms with E-state index in [9.17, 15) is 9.18 Å². The van der Waals surface area contributed by atoms with Gasteiger partial charge in [-0.2, -0.15) is 0 Å². The van der Waals surface area contributed by atoms with Crippen LogP contribution in [0.5, 0.6) is 0 Å². The van der Waals surface area contributed by atoms with Crippen LogP contribution in [0.15, 0.2) is 23.2 Å². The number of rotatable bonds is 6. The van der Waals surface area contributed by atoms with Crippen LogP contribution in [-0.4, -0.2) is 41.9 Å². The standard InChI is InChI=1S/C19H31FN4O3.HI/c1-18(2,3)27-17(26)24-19(4,5)12-23-16(21-6)22-10-13-7-8-15(20)14(9-13)11-25;/h7-9,25H,10-12H2,1-6H3,(H,24,26)(H2,21,22,23);1H. The molecule has 0 radical (unpaired) electrons. The van der Waals surface area contributed by atoms with Crippen molar-refractivity contribution in [1.82, 2.24) is 16.0 Å². The number of ether oxygens (including phenoxy) is 1. The number of aliphatic hydroxyl groups excluding tert-OH is 1. The van der Waals surface area contributed by atoms with Gasteiger partial charge in [0.05, 0.1) is 12.1 Å². The summed E-state index contributed by atoms with van der Waals surface area (Å²) in [6, 6.07) is 4.57. The Kier molecular flexibility index (Phi) is 10.7. The fourth-order valence-corrected chi connectivity index (χ4v) is 2.19. The van der Waals surface area contributed by atoms with Gasteiger partial charge in [0.2, 0.25) is 0 Å². The molecule has 9 heteroatoms. The normalized spacial score (nSPS) is 12.1. The van der Waals surface area contributed by atoms with E-state index in [0.29, 0.717) is 19.0 Å². The van der Waals surface area contributed by atoms with Crippen LogP contribution in [0.1, 0.15) is 45.7 Å². The van der Waals surface area contributed by atoms with E-state index in [1.54, 1.807) is 40.0 Å². The number of aliphatic imine (C=N–C) groups is 1. The number of carbonyl (C=O) groups is 1. The molecule has 1 amide bonds. The molecule has 0 atom stereocenters. The van der Waals surface area contributed by atoms with Gasteiger partial charge in [0.25, 0.3) is 0 Å². The Morgan fingerprint density at radius 3 is 2.39 bits per heavy atom. The van der Waals surface area contributed by atoms with Gasteiger partial charge in [-0.05, 0) is 52.3 Å². The summed E-state index contributed by atoms with van der Waals surface area (Å²) in [7, 11) is 1.63. The zero-order valence-corrected chi connectivity index (χ0v) is 19.7. The Hall–Kier alpha value is -1.62. The molecule has 0 aliphatic heterocycles. The first-order valence-corrected chi connectivity index (χ1v) is 8.79. The van der Waals surface area contributed by atoms with Gasteiger partial charge in [-0.15, -0.1) is 24.0 Å². The molecule has 0 heterocycles. The number of nitrogens with zero attached hydrogens (tertiary/aromatic N) is 1. The molecule has 1 aromatic carbocycles. The molecule has 1 rings (SSSR count). The molecule has 0 saturated heterocycles. The average molecular weight is 510 g/mol. The fourth-order valence-electron chi connectivity index (χ4n) is 2.19. The zero-order valence-electron chi connectivity index (χ0n) is 17.4. The van der Waals surface area contributed by atoms with Crippen molar-refractivity contribution in [2.75, 3.05) is 13.6 Å². The van der Waals surface area contributed by atoms with Crippen molar-refractivity contribution < 1.29 is 19.0 Å². The summed E-state index contributed by atoms with van der Waals surface area (Å²) in [6.07, 6.45) is -0.486. The molecule has 0 unspecified atom stereocenters. The lowest BCUT2D eigenvalue weighted by Crippen LogP contribution is -2.54. The van der Waals surface area contributed by atoms with E-state index in [-0.39, 0.29) is 36.1 Å². The minimum absolute atomic E-state index is 0. The van der Waals surface area contributed by atoms with E-state index in [4.69, 9.17) is 9.84 Å². The minimum Gasteiger partial charge on any atom is -0.444 e. The van der Waals surface area contributed by atoms with E-state index in [0.717, 1.165) is 5.56 Å². The van der Waals surface area contributed by atoms with Crippen LogP contribution in [-0.2, 0) is 17.9 Å². The Morgan fingerprint density at radius 1 is 1.21 bits per heavy atom. The SMILES string of the molecule is CN=C(NCc1ccc(F)c(CO)c1)NCC(C)(C)NC(=O)OC(C)(C)C.I. The van der Waals surface area contributed by atoms with Crippen molar-refractivity contribution in [2.45, 2.75) is 58.9 Å². The van der Waals surface area contributed by atoms with Gasteiger partial charge in [-0.3, -0.25) is 4.99 Å². The number of guanidine groups is 1. The van der Waals surface area contributed by atoms with Crippen molar-refractivity contribution in [3.05, 3.63) is 35.1 Å². The molecule has 0 aliphatic carbocycles. The van der Waals surface area contributed by atoms with Crippen LogP contribution in [0.2, 0.25) is 0 Å².